The first-order valence-electron chi connectivity index (χ1n) is 15.6. The number of aromatic nitrogens is 1. The summed E-state index contributed by atoms with van der Waals surface area (Å²) in [4.78, 5) is 30.0. The van der Waals surface area contributed by atoms with Gasteiger partial charge in [0.2, 0.25) is 5.88 Å². The minimum Gasteiger partial charge on any atom is -0.450 e. The fourth-order valence-electron chi connectivity index (χ4n) is 6.09. The van der Waals surface area contributed by atoms with Crippen LogP contribution in [0.3, 0.4) is 0 Å². The smallest absolute Gasteiger partial charge is 0.450 e. The van der Waals surface area contributed by atoms with E-state index in [1.807, 2.05) is 13.0 Å². The number of ether oxygens (including phenoxy) is 3. The molecule has 2 aliphatic carbocycles. The number of hydrogen-bond donors (Lipinski definition) is 1. The Morgan fingerprint density at radius 3 is 2.23 bits per heavy atom. The third kappa shape index (κ3) is 8.84. The minimum atomic E-state index is -0.729. The van der Waals surface area contributed by atoms with Crippen molar-refractivity contribution < 1.29 is 23.8 Å². The van der Waals surface area contributed by atoms with E-state index < -0.39 is 17.8 Å². The molecule has 0 saturated heterocycles. The van der Waals surface area contributed by atoms with Crippen LogP contribution in [0.1, 0.15) is 122 Å². The lowest BCUT2D eigenvalue weighted by Crippen LogP contribution is -2.53. The Balaban J connectivity index is 1.63. The van der Waals surface area contributed by atoms with Crippen LogP contribution < -0.4 is 10.1 Å². The number of carbonyl (C=O) groups is 2. The zero-order valence-electron chi connectivity index (χ0n) is 25.2. The molecule has 0 saturated carbocycles. The van der Waals surface area contributed by atoms with E-state index in [9.17, 15) is 9.59 Å². The summed E-state index contributed by atoms with van der Waals surface area (Å²) in [7, 11) is 0. The second-order valence-corrected chi connectivity index (χ2v) is 11.3. The lowest BCUT2D eigenvalue weighted by molar-refractivity contribution is 0.0956. The van der Waals surface area contributed by atoms with Crippen LogP contribution in [-0.2, 0) is 21.4 Å². The number of nitrogens with one attached hydrogen (secondary N) is 1. The van der Waals surface area contributed by atoms with Crippen molar-refractivity contribution in [3.63, 3.8) is 0 Å². The Hall–Kier alpha value is -2.83. The summed E-state index contributed by atoms with van der Waals surface area (Å²) in [5.74, 6) is 0.322. The van der Waals surface area contributed by atoms with E-state index in [-0.39, 0.29) is 11.8 Å². The Kier molecular flexibility index (Phi) is 13.0. The second-order valence-electron chi connectivity index (χ2n) is 11.3. The van der Waals surface area contributed by atoms with Gasteiger partial charge in [-0.05, 0) is 44.7 Å². The molecule has 2 unspecified atom stereocenters. The van der Waals surface area contributed by atoms with Gasteiger partial charge >= 0.3 is 12.2 Å². The maximum absolute atomic E-state index is 13.0. The Morgan fingerprint density at radius 2 is 1.57 bits per heavy atom. The molecule has 1 amide bonds. The van der Waals surface area contributed by atoms with Crippen molar-refractivity contribution in [2.75, 3.05) is 13.2 Å². The van der Waals surface area contributed by atoms with E-state index in [0.717, 1.165) is 48.9 Å². The number of unbranched alkanes of at least 4 members (excludes halogenated alkanes) is 10. The van der Waals surface area contributed by atoms with Gasteiger partial charge in [0.05, 0.1) is 24.4 Å². The Labute approximate surface area is 241 Å². The van der Waals surface area contributed by atoms with Crippen LogP contribution in [0, 0.1) is 5.92 Å². The number of fused-ring (bicyclic) bond motifs is 4. The van der Waals surface area contributed by atoms with Crippen molar-refractivity contribution in [1.29, 1.82) is 0 Å². The lowest BCUT2D eigenvalue weighted by Gasteiger charge is -2.47. The van der Waals surface area contributed by atoms with Crippen LogP contribution in [0.15, 0.2) is 35.4 Å². The van der Waals surface area contributed by atoms with Gasteiger partial charge in [-0.3, -0.25) is 0 Å². The summed E-state index contributed by atoms with van der Waals surface area (Å²) < 4.78 is 16.3. The number of amides is 1. The number of hydrogen-bond acceptors (Lipinski definition) is 6. The summed E-state index contributed by atoms with van der Waals surface area (Å²) in [6.07, 6.45) is 18.1. The fourth-order valence-corrected chi connectivity index (χ4v) is 6.09. The first kappa shape index (κ1) is 31.7. The molecule has 2 atom stereocenters. The van der Waals surface area contributed by atoms with E-state index in [1.165, 1.54) is 50.5 Å². The molecule has 0 spiro atoms. The van der Waals surface area contributed by atoms with Crippen LogP contribution in [0.25, 0.3) is 0 Å². The molecule has 3 rings (SSSR count). The summed E-state index contributed by atoms with van der Waals surface area (Å²) in [6, 6.07) is 3.61. The van der Waals surface area contributed by atoms with Crippen molar-refractivity contribution in [2.45, 2.75) is 123 Å². The van der Waals surface area contributed by atoms with E-state index in [4.69, 9.17) is 19.2 Å². The monoisotopic (exact) mass is 554 g/mol. The number of pyridine rings is 1. The molecule has 40 heavy (non-hydrogen) atoms. The second kappa shape index (κ2) is 16.4. The van der Waals surface area contributed by atoms with E-state index in [2.05, 4.69) is 38.2 Å². The molecule has 0 aromatic carbocycles. The van der Waals surface area contributed by atoms with Crippen molar-refractivity contribution >= 4 is 12.2 Å². The zero-order chi connectivity index (χ0) is 28.8. The highest BCUT2D eigenvalue weighted by atomic mass is 16.7. The highest BCUT2D eigenvalue weighted by Gasteiger charge is 2.48. The summed E-state index contributed by atoms with van der Waals surface area (Å²) >= 11 is 0. The molecule has 1 aromatic heterocycles. The van der Waals surface area contributed by atoms with Gasteiger partial charge in [0, 0.05) is 24.0 Å². The molecule has 2 aliphatic rings. The summed E-state index contributed by atoms with van der Waals surface area (Å²) in [5.41, 5.74) is 3.38. The van der Waals surface area contributed by atoms with Gasteiger partial charge in [-0.1, -0.05) is 95.8 Å². The number of alkyl carbamates (subject to hydrolysis) is 1. The predicted octanol–water partition coefficient (Wildman–Crippen LogP) is 8.71. The average molecular weight is 555 g/mol. The number of carbonyl (C=O) groups excluding carboxylic acids is 2. The third-order valence-electron chi connectivity index (χ3n) is 8.01. The molecule has 0 radical (unpaired) electrons. The lowest BCUT2D eigenvalue weighted by atomic mass is 9.63. The SMILES string of the molecule is C/C=C1\C2C=C(C)CC1(NC(=O)OCCCCCCCC)c1ccc(OC(=O)OCCCCCCCC)nc1C2. The van der Waals surface area contributed by atoms with Gasteiger partial charge in [0.15, 0.2) is 0 Å². The van der Waals surface area contributed by atoms with Crippen LogP contribution in [0.5, 0.6) is 5.88 Å². The van der Waals surface area contributed by atoms with Crippen molar-refractivity contribution in [3.8, 4) is 5.88 Å². The first-order chi connectivity index (χ1) is 19.4. The molecule has 7 nitrogen and oxygen atoms in total. The van der Waals surface area contributed by atoms with Crippen molar-refractivity contribution in [1.82, 2.24) is 10.3 Å². The quantitative estimate of drug-likeness (QED) is 0.125. The van der Waals surface area contributed by atoms with Crippen LogP contribution >= 0.6 is 0 Å². The minimum absolute atomic E-state index is 0.104. The topological polar surface area (TPSA) is 86.8 Å². The molecule has 2 bridgehead atoms. The zero-order valence-corrected chi connectivity index (χ0v) is 25.2. The molecule has 1 N–H and O–H groups in total. The van der Waals surface area contributed by atoms with Gasteiger partial charge in [-0.2, -0.15) is 0 Å². The average Bonchev–Trinajstić information content (AvgIpc) is 2.91. The van der Waals surface area contributed by atoms with Gasteiger partial charge in [-0.15, -0.1) is 0 Å². The highest BCUT2D eigenvalue weighted by molar-refractivity contribution is 5.71. The van der Waals surface area contributed by atoms with Crippen molar-refractivity contribution in [2.24, 2.45) is 5.92 Å². The molecular weight excluding hydrogens is 504 g/mol. The standard InChI is InChI=1S/C33H50N2O5/c1-5-8-10-12-14-16-20-38-31(36)35-33-24-25(4)22-26(27(33)7-3)23-29-28(33)18-19-30(34-29)40-32(37)39-21-17-15-13-11-9-6-2/h7,18-19,22,26H,5-6,8-17,20-21,23-24H2,1-4H3,(H,35,36)/b27-7+. The predicted molar refractivity (Wildman–Crippen MR) is 158 cm³/mol. The van der Waals surface area contributed by atoms with Crippen LogP contribution in [0.2, 0.25) is 0 Å². The largest absolute Gasteiger partial charge is 0.515 e. The van der Waals surface area contributed by atoms with Crippen LogP contribution in [0.4, 0.5) is 9.59 Å². The maximum Gasteiger partial charge on any atom is 0.515 e. The summed E-state index contributed by atoms with van der Waals surface area (Å²) in [6.45, 7) is 9.28. The number of nitrogens with zero attached hydrogens (tertiary/aromatic N) is 1. The number of rotatable bonds is 16. The molecule has 222 valence electrons. The van der Waals surface area contributed by atoms with Gasteiger partial charge in [0.1, 0.15) is 0 Å². The molecule has 1 heterocycles. The third-order valence-corrected chi connectivity index (χ3v) is 8.01. The van der Waals surface area contributed by atoms with Crippen molar-refractivity contribution in [3.05, 3.63) is 46.7 Å². The van der Waals surface area contributed by atoms with E-state index >= 15 is 0 Å². The highest BCUT2D eigenvalue weighted by Crippen LogP contribution is 2.50. The van der Waals surface area contributed by atoms with Gasteiger partial charge < -0.3 is 19.5 Å². The Morgan fingerprint density at radius 1 is 0.950 bits per heavy atom. The molecule has 0 aliphatic heterocycles. The maximum atomic E-state index is 13.0. The van der Waals surface area contributed by atoms with E-state index in [1.54, 1.807) is 6.07 Å². The Bertz CT molecular complexity index is 1030. The normalized spacial score (nSPS) is 20.4. The first-order valence-corrected chi connectivity index (χ1v) is 15.6. The van der Waals surface area contributed by atoms with Crippen LogP contribution in [-0.4, -0.2) is 30.4 Å². The van der Waals surface area contributed by atoms with Gasteiger partial charge in [-0.25, -0.2) is 14.6 Å². The molecule has 0 fully saturated rings. The number of allylic oxidation sites excluding steroid dienone is 2. The summed E-state index contributed by atoms with van der Waals surface area (Å²) in [5, 5.41) is 3.23. The van der Waals surface area contributed by atoms with E-state index in [0.29, 0.717) is 26.1 Å². The fraction of sp³-hybridized carbons (Fsp3) is 0.667. The van der Waals surface area contributed by atoms with Gasteiger partial charge in [0.25, 0.3) is 0 Å². The molecular formula is C33H50N2O5. The molecule has 1 aromatic rings. The molecule has 7 heteroatoms.